The van der Waals surface area contributed by atoms with E-state index in [9.17, 15) is 4.79 Å². The first kappa shape index (κ1) is 14.3. The van der Waals surface area contributed by atoms with Crippen molar-refractivity contribution in [1.82, 2.24) is 4.90 Å². The Labute approximate surface area is 144 Å². The molecule has 1 unspecified atom stereocenters. The molecule has 122 valence electrons. The summed E-state index contributed by atoms with van der Waals surface area (Å²) < 4.78 is 11.8. The molecule has 5 atom stereocenters. The number of carbonyl (C=O) groups excluding carboxylic acids is 1. The van der Waals surface area contributed by atoms with E-state index in [-0.39, 0.29) is 22.1 Å². The molecule has 0 N–H and O–H groups in total. The SMILES string of the molecule is COc1ccc2c3c1O[C@H]1C(=O)CC(Br)[C@H]4[C@@H](C2)N(C)CC[C@]314. The Hall–Kier alpha value is -1.07. The average molecular weight is 378 g/mol. The minimum Gasteiger partial charge on any atom is -0.493 e. The second kappa shape index (κ2) is 4.51. The van der Waals surface area contributed by atoms with E-state index in [2.05, 4.69) is 33.9 Å². The third kappa shape index (κ3) is 1.53. The first-order chi connectivity index (χ1) is 11.1. The number of ketones is 1. The normalized spacial score (nSPS) is 40.6. The molecule has 1 aromatic carbocycles. The molecule has 1 spiro atoms. The smallest absolute Gasteiger partial charge is 0.175 e. The highest BCUT2D eigenvalue weighted by atomic mass is 79.9. The third-order valence-corrected chi connectivity index (χ3v) is 7.45. The van der Waals surface area contributed by atoms with Crippen LogP contribution < -0.4 is 9.47 Å². The van der Waals surface area contributed by atoms with Crippen molar-refractivity contribution in [2.24, 2.45) is 5.92 Å². The monoisotopic (exact) mass is 377 g/mol. The van der Waals surface area contributed by atoms with Gasteiger partial charge in [0.2, 0.25) is 0 Å². The third-order valence-electron chi connectivity index (χ3n) is 6.56. The molecule has 2 fully saturated rings. The lowest BCUT2D eigenvalue weighted by Gasteiger charge is -2.58. The molecule has 23 heavy (non-hydrogen) atoms. The Morgan fingerprint density at radius 1 is 1.39 bits per heavy atom. The lowest BCUT2D eigenvalue weighted by Crippen LogP contribution is -2.68. The quantitative estimate of drug-likeness (QED) is 0.704. The molecule has 1 saturated heterocycles. The molecule has 2 aliphatic heterocycles. The molecule has 0 aromatic heterocycles. The molecule has 1 aromatic rings. The number of benzene rings is 1. The number of halogens is 1. The van der Waals surface area contributed by atoms with Gasteiger partial charge in [0.1, 0.15) is 0 Å². The summed E-state index contributed by atoms with van der Waals surface area (Å²) in [6.07, 6.45) is 2.24. The number of piperidine rings is 1. The van der Waals surface area contributed by atoms with Crippen LogP contribution >= 0.6 is 15.9 Å². The highest BCUT2D eigenvalue weighted by Crippen LogP contribution is 2.63. The maximum atomic E-state index is 12.8. The molecule has 5 rings (SSSR count). The van der Waals surface area contributed by atoms with Gasteiger partial charge in [0.15, 0.2) is 23.4 Å². The summed E-state index contributed by atoms with van der Waals surface area (Å²) in [5.41, 5.74) is 2.44. The number of ether oxygens (including phenoxy) is 2. The van der Waals surface area contributed by atoms with Crippen molar-refractivity contribution in [3.63, 3.8) is 0 Å². The molecule has 2 heterocycles. The fraction of sp³-hybridized carbons (Fsp3) is 0.611. The highest BCUT2D eigenvalue weighted by Gasteiger charge is 2.67. The van der Waals surface area contributed by atoms with Gasteiger partial charge in [-0.05, 0) is 38.1 Å². The van der Waals surface area contributed by atoms with Crippen LogP contribution in [0.2, 0.25) is 0 Å². The summed E-state index contributed by atoms with van der Waals surface area (Å²) in [7, 11) is 3.89. The van der Waals surface area contributed by atoms with Gasteiger partial charge in [-0.15, -0.1) is 0 Å². The van der Waals surface area contributed by atoms with E-state index in [0.717, 1.165) is 30.9 Å². The zero-order chi connectivity index (χ0) is 15.9. The van der Waals surface area contributed by atoms with E-state index >= 15 is 0 Å². The van der Waals surface area contributed by atoms with Gasteiger partial charge in [0, 0.05) is 28.8 Å². The molecule has 4 aliphatic rings. The number of alkyl halides is 1. The predicted molar refractivity (Wildman–Crippen MR) is 89.7 cm³/mol. The number of methoxy groups -OCH3 is 1. The van der Waals surface area contributed by atoms with Crippen molar-refractivity contribution in [2.75, 3.05) is 20.7 Å². The lowest BCUT2D eigenvalue weighted by molar-refractivity contribution is -0.137. The minimum absolute atomic E-state index is 0.169. The average Bonchev–Trinajstić information content (AvgIpc) is 2.88. The van der Waals surface area contributed by atoms with E-state index in [1.54, 1.807) is 7.11 Å². The van der Waals surface area contributed by atoms with Crippen molar-refractivity contribution >= 4 is 21.7 Å². The predicted octanol–water partition coefficient (Wildman–Crippen LogP) is 2.31. The van der Waals surface area contributed by atoms with Gasteiger partial charge < -0.3 is 14.4 Å². The molecule has 2 aliphatic carbocycles. The second-order valence-corrected chi connectivity index (χ2v) is 8.56. The molecule has 0 amide bonds. The molecule has 4 nitrogen and oxygen atoms in total. The van der Waals surface area contributed by atoms with Crippen LogP contribution in [0.25, 0.3) is 0 Å². The topological polar surface area (TPSA) is 38.8 Å². The number of hydrogen-bond acceptors (Lipinski definition) is 4. The van der Waals surface area contributed by atoms with Gasteiger partial charge in [0.05, 0.1) is 12.5 Å². The fourth-order valence-corrected chi connectivity index (χ4v) is 6.82. The summed E-state index contributed by atoms with van der Waals surface area (Å²) in [4.78, 5) is 15.5. The zero-order valence-corrected chi connectivity index (χ0v) is 14.9. The Kier molecular flexibility index (Phi) is 2.80. The maximum Gasteiger partial charge on any atom is 0.175 e. The number of rotatable bonds is 1. The maximum absolute atomic E-state index is 12.8. The number of likely N-dealkylation sites (N-methyl/N-ethyl adjacent to an activating group) is 1. The van der Waals surface area contributed by atoms with Crippen LogP contribution in [0.15, 0.2) is 12.1 Å². The Bertz CT molecular complexity index is 720. The van der Waals surface area contributed by atoms with Crippen LogP contribution in [-0.4, -0.2) is 48.4 Å². The standard InChI is InChI=1S/C18H20BrNO3/c1-20-6-5-18-14-9-3-4-13(22-2)16(14)23-17(18)12(21)8-10(19)15(18)11(20)7-9/h3-4,10-11,15,17H,5-8H2,1-2H3/t10?,11-,15+,17+,18-/m1/s1. The molecule has 1 saturated carbocycles. The van der Waals surface area contributed by atoms with Crippen LogP contribution in [-0.2, 0) is 16.6 Å². The molecular formula is C18H20BrNO3. The first-order valence-electron chi connectivity index (χ1n) is 8.32. The Morgan fingerprint density at radius 2 is 2.22 bits per heavy atom. The van der Waals surface area contributed by atoms with E-state index in [1.807, 2.05) is 6.07 Å². The number of likely N-dealkylation sites (tertiary alicyclic amines) is 1. The summed E-state index contributed by atoms with van der Waals surface area (Å²) in [5.74, 6) is 2.25. The van der Waals surface area contributed by atoms with Crippen molar-refractivity contribution < 1.29 is 14.3 Å². The van der Waals surface area contributed by atoms with Gasteiger partial charge in [-0.3, -0.25) is 4.79 Å². The second-order valence-electron chi connectivity index (χ2n) is 7.38. The summed E-state index contributed by atoms with van der Waals surface area (Å²) >= 11 is 3.85. The van der Waals surface area contributed by atoms with Gasteiger partial charge in [-0.1, -0.05) is 22.0 Å². The van der Waals surface area contributed by atoms with E-state index in [1.165, 1.54) is 11.1 Å². The Balaban J connectivity index is 1.82. The van der Waals surface area contributed by atoms with Crippen LogP contribution in [0, 0.1) is 5.92 Å². The van der Waals surface area contributed by atoms with Crippen LogP contribution in [0.5, 0.6) is 11.5 Å². The van der Waals surface area contributed by atoms with Crippen molar-refractivity contribution in [3.05, 3.63) is 23.3 Å². The van der Waals surface area contributed by atoms with Gasteiger partial charge >= 0.3 is 0 Å². The van der Waals surface area contributed by atoms with E-state index in [4.69, 9.17) is 9.47 Å². The van der Waals surface area contributed by atoms with Crippen molar-refractivity contribution in [3.8, 4) is 11.5 Å². The molecule has 0 radical (unpaired) electrons. The summed E-state index contributed by atoms with van der Waals surface area (Å²) in [5, 5.41) is 0. The Morgan fingerprint density at radius 3 is 3.00 bits per heavy atom. The van der Waals surface area contributed by atoms with Gasteiger partial charge in [-0.2, -0.15) is 0 Å². The van der Waals surface area contributed by atoms with Crippen LogP contribution in [0.4, 0.5) is 0 Å². The lowest BCUT2D eigenvalue weighted by atomic mass is 9.51. The number of Topliss-reactive ketones (excluding diaryl/α,β-unsaturated/α-hetero) is 1. The minimum atomic E-state index is -0.331. The summed E-state index contributed by atoms with van der Waals surface area (Å²) in [6.45, 7) is 1.02. The van der Waals surface area contributed by atoms with Gasteiger partial charge in [0.25, 0.3) is 0 Å². The fourth-order valence-electron chi connectivity index (χ4n) is 5.68. The summed E-state index contributed by atoms with van der Waals surface area (Å²) in [6, 6.07) is 4.64. The van der Waals surface area contributed by atoms with Crippen molar-refractivity contribution in [2.45, 2.75) is 41.7 Å². The van der Waals surface area contributed by atoms with Gasteiger partial charge in [-0.25, -0.2) is 0 Å². The van der Waals surface area contributed by atoms with Crippen molar-refractivity contribution in [1.29, 1.82) is 0 Å². The first-order valence-corrected chi connectivity index (χ1v) is 9.23. The van der Waals surface area contributed by atoms with Crippen LogP contribution in [0.3, 0.4) is 0 Å². The molecule has 5 heteroatoms. The number of carbonyl (C=O) groups is 1. The number of hydrogen-bond donors (Lipinski definition) is 0. The largest absolute Gasteiger partial charge is 0.493 e. The van der Waals surface area contributed by atoms with Crippen LogP contribution in [0.1, 0.15) is 24.0 Å². The molecular weight excluding hydrogens is 358 g/mol. The highest BCUT2D eigenvalue weighted by molar-refractivity contribution is 9.09. The molecule has 2 bridgehead atoms. The zero-order valence-electron chi connectivity index (χ0n) is 13.3. The van der Waals surface area contributed by atoms with E-state index in [0.29, 0.717) is 18.4 Å². The number of nitrogens with zero attached hydrogens (tertiary/aromatic N) is 1. The van der Waals surface area contributed by atoms with E-state index < -0.39 is 0 Å².